The van der Waals surface area contributed by atoms with Crippen LogP contribution in [0.3, 0.4) is 0 Å². The molecule has 1 spiro atoms. The molecule has 284 valence electrons. The van der Waals surface area contributed by atoms with Crippen LogP contribution in [0.15, 0.2) is 12.2 Å². The molecule has 4 heteroatoms. The second-order valence-electron chi connectivity index (χ2n) is 21.2. The number of fused-ring (bicyclic) bond motifs is 6. The van der Waals surface area contributed by atoms with Crippen molar-refractivity contribution in [2.24, 2.45) is 50.2 Å². The highest BCUT2D eigenvalue weighted by molar-refractivity contribution is 5.69. The Morgan fingerprint density at radius 3 is 2.18 bits per heavy atom. The Balaban J connectivity index is 0.944. The summed E-state index contributed by atoms with van der Waals surface area (Å²) in [6.07, 6.45) is 30.8. The molecule has 0 N–H and O–H groups in total. The second-order valence-corrected chi connectivity index (χ2v) is 21.2. The maximum Gasteiger partial charge on any atom is 0.306 e. The van der Waals surface area contributed by atoms with Crippen LogP contribution in [-0.2, 0) is 19.0 Å². The molecule has 7 aliphatic rings. The third-order valence-corrected chi connectivity index (χ3v) is 17.7. The number of allylic oxidation sites excluding steroid dienone is 2. The third-order valence-electron chi connectivity index (χ3n) is 17.7. The summed E-state index contributed by atoms with van der Waals surface area (Å²) >= 11 is 0. The number of ether oxygens (including phenoxy) is 3. The lowest BCUT2D eigenvalue weighted by atomic mass is 9.31. The van der Waals surface area contributed by atoms with Gasteiger partial charge in [-0.3, -0.25) is 4.79 Å². The Morgan fingerprint density at radius 2 is 1.44 bits per heavy atom. The van der Waals surface area contributed by atoms with Gasteiger partial charge in [0.1, 0.15) is 17.8 Å². The maximum atomic E-state index is 13.2. The van der Waals surface area contributed by atoms with Gasteiger partial charge in [0.15, 0.2) is 0 Å². The fraction of sp³-hybridized carbons (Fsp3) is 0.935. The lowest BCUT2D eigenvalue weighted by Gasteiger charge is -2.73. The molecular formula is C46H76O4. The van der Waals surface area contributed by atoms with Gasteiger partial charge in [-0.25, -0.2) is 0 Å². The zero-order valence-corrected chi connectivity index (χ0v) is 33.8. The summed E-state index contributed by atoms with van der Waals surface area (Å²) in [5, 5.41) is 0. The van der Waals surface area contributed by atoms with E-state index < -0.39 is 0 Å². The molecule has 0 aromatic rings. The monoisotopic (exact) mass is 693 g/mol. The molecule has 2 heterocycles. The summed E-state index contributed by atoms with van der Waals surface area (Å²) in [6, 6.07) is 0. The highest BCUT2D eigenvalue weighted by atomic mass is 16.6. The molecule has 2 saturated heterocycles. The predicted molar refractivity (Wildman–Crippen MR) is 204 cm³/mol. The van der Waals surface area contributed by atoms with E-state index in [9.17, 15) is 4.79 Å². The summed E-state index contributed by atoms with van der Waals surface area (Å²) in [7, 11) is 0. The zero-order chi connectivity index (χ0) is 35.6. The molecule has 11 atom stereocenters. The molecule has 0 aromatic carbocycles. The van der Waals surface area contributed by atoms with E-state index in [0.717, 1.165) is 32.3 Å². The Hall–Kier alpha value is -0.870. The zero-order valence-electron chi connectivity index (χ0n) is 33.8. The number of esters is 1. The van der Waals surface area contributed by atoms with Gasteiger partial charge in [0.25, 0.3) is 0 Å². The van der Waals surface area contributed by atoms with E-state index in [1.54, 1.807) is 0 Å². The molecule has 0 radical (unpaired) electrons. The van der Waals surface area contributed by atoms with E-state index in [1.807, 2.05) is 0 Å². The first-order valence-electron chi connectivity index (χ1n) is 21.8. The molecule has 0 aromatic heterocycles. The van der Waals surface area contributed by atoms with Gasteiger partial charge in [-0.05, 0) is 129 Å². The normalized spacial score (nSPS) is 46.3. The molecule has 7 fully saturated rings. The molecule has 4 nitrogen and oxygen atoms in total. The average Bonchev–Trinajstić information content (AvgIpc) is 3.80. The van der Waals surface area contributed by atoms with Crippen LogP contribution in [0.5, 0.6) is 0 Å². The fourth-order valence-corrected chi connectivity index (χ4v) is 14.7. The largest absolute Gasteiger partial charge is 0.462 e. The molecule has 0 amide bonds. The van der Waals surface area contributed by atoms with Gasteiger partial charge in [0, 0.05) is 17.3 Å². The van der Waals surface area contributed by atoms with Crippen LogP contribution in [0, 0.1) is 50.2 Å². The van der Waals surface area contributed by atoms with Crippen molar-refractivity contribution in [2.45, 2.75) is 214 Å². The number of rotatable bonds is 14. The summed E-state index contributed by atoms with van der Waals surface area (Å²) in [4.78, 5) is 13.2. The Morgan fingerprint density at radius 1 is 0.760 bits per heavy atom. The second kappa shape index (κ2) is 13.5. The van der Waals surface area contributed by atoms with Crippen molar-refractivity contribution in [3.05, 3.63) is 12.2 Å². The Bertz CT molecular complexity index is 1270. The van der Waals surface area contributed by atoms with E-state index in [0.29, 0.717) is 41.1 Å². The van der Waals surface area contributed by atoms with Crippen LogP contribution >= 0.6 is 0 Å². The minimum atomic E-state index is -0.116. The SMILES string of the molecule is CCCCCCC=CCCCCCCCC(=O)OC1CCC2(C)C(CCC3(C)C2C2OC2C24OCC5(CCC(C)(C)CC52)CCC34C)C1(C)C. The van der Waals surface area contributed by atoms with E-state index in [1.165, 1.54) is 103 Å². The van der Waals surface area contributed by atoms with Crippen LogP contribution in [0.4, 0.5) is 0 Å². The van der Waals surface area contributed by atoms with Gasteiger partial charge < -0.3 is 14.2 Å². The highest BCUT2D eigenvalue weighted by Gasteiger charge is 2.86. The Labute approximate surface area is 307 Å². The lowest BCUT2D eigenvalue weighted by Crippen LogP contribution is -2.74. The molecule has 2 aliphatic heterocycles. The summed E-state index contributed by atoms with van der Waals surface area (Å²) < 4.78 is 20.8. The molecule has 11 unspecified atom stereocenters. The molecule has 2 bridgehead atoms. The topological polar surface area (TPSA) is 48.1 Å². The number of hydrogen-bond acceptors (Lipinski definition) is 4. The van der Waals surface area contributed by atoms with Crippen LogP contribution in [0.1, 0.15) is 190 Å². The van der Waals surface area contributed by atoms with Gasteiger partial charge in [0.05, 0.1) is 12.7 Å². The van der Waals surface area contributed by atoms with Crippen LogP contribution in [0.25, 0.3) is 0 Å². The van der Waals surface area contributed by atoms with Crippen molar-refractivity contribution in [3.8, 4) is 0 Å². The van der Waals surface area contributed by atoms with Crippen molar-refractivity contribution >= 4 is 5.97 Å². The highest BCUT2D eigenvalue weighted by Crippen LogP contribution is 2.83. The number of hydrogen-bond donors (Lipinski definition) is 0. The smallest absolute Gasteiger partial charge is 0.306 e. The molecular weight excluding hydrogens is 617 g/mol. The number of carbonyl (C=O) groups is 1. The van der Waals surface area contributed by atoms with E-state index in [2.05, 4.69) is 67.5 Å². The molecule has 7 rings (SSSR count). The fourth-order valence-electron chi connectivity index (χ4n) is 14.7. The first-order valence-corrected chi connectivity index (χ1v) is 21.8. The molecule has 5 aliphatic carbocycles. The number of epoxide rings is 1. The predicted octanol–water partition coefficient (Wildman–Crippen LogP) is 12.2. The molecule has 5 saturated carbocycles. The van der Waals surface area contributed by atoms with Crippen LogP contribution < -0.4 is 0 Å². The minimum Gasteiger partial charge on any atom is -0.462 e. The summed E-state index contributed by atoms with van der Waals surface area (Å²) in [6.45, 7) is 21.1. The van der Waals surface area contributed by atoms with E-state index in [4.69, 9.17) is 14.2 Å². The van der Waals surface area contributed by atoms with Gasteiger partial charge in [-0.2, -0.15) is 0 Å². The van der Waals surface area contributed by atoms with E-state index in [-0.39, 0.29) is 45.4 Å². The van der Waals surface area contributed by atoms with Gasteiger partial charge in [-0.1, -0.05) is 106 Å². The van der Waals surface area contributed by atoms with Crippen molar-refractivity contribution in [1.82, 2.24) is 0 Å². The minimum absolute atomic E-state index is 0.0190. The van der Waals surface area contributed by atoms with E-state index >= 15 is 0 Å². The lowest BCUT2D eigenvalue weighted by molar-refractivity contribution is -0.276. The first-order chi connectivity index (χ1) is 23.7. The van der Waals surface area contributed by atoms with Crippen molar-refractivity contribution in [1.29, 1.82) is 0 Å². The maximum absolute atomic E-state index is 13.2. The average molecular weight is 693 g/mol. The first kappa shape index (κ1) is 37.4. The summed E-state index contributed by atoms with van der Waals surface area (Å²) in [5.74, 6) is 1.75. The molecule has 50 heavy (non-hydrogen) atoms. The van der Waals surface area contributed by atoms with Gasteiger partial charge >= 0.3 is 5.97 Å². The van der Waals surface area contributed by atoms with Crippen LogP contribution in [0.2, 0.25) is 0 Å². The number of unbranched alkanes of at least 4 members (excludes halogenated alkanes) is 9. The standard InChI is InChI=1S/C46H76O4/c1-9-10-11-12-13-14-15-16-17-18-19-20-21-22-36(47)49-35-24-25-42(6)33(41(35,4)5)23-26-43(7)38(42)37-39(50-37)46-34-31-40(2,3)27-29-45(34,32-48-46)30-28-44(43,46)8/h14-15,33-35,37-39H,9-13,16-32H2,1-8H3. The summed E-state index contributed by atoms with van der Waals surface area (Å²) in [5.41, 5.74) is 1.13. The van der Waals surface area contributed by atoms with Crippen LogP contribution in [-0.4, -0.2) is 36.5 Å². The van der Waals surface area contributed by atoms with Gasteiger partial charge in [-0.15, -0.1) is 0 Å². The van der Waals surface area contributed by atoms with Crippen molar-refractivity contribution in [2.75, 3.05) is 6.61 Å². The van der Waals surface area contributed by atoms with Gasteiger partial charge in [0.2, 0.25) is 0 Å². The van der Waals surface area contributed by atoms with Crippen molar-refractivity contribution < 1.29 is 19.0 Å². The Kier molecular flexibility index (Phi) is 10.1. The van der Waals surface area contributed by atoms with Crippen molar-refractivity contribution in [3.63, 3.8) is 0 Å². The quantitative estimate of drug-likeness (QED) is 0.0787. The number of carbonyl (C=O) groups excluding carboxylic acids is 1. The third kappa shape index (κ3) is 5.74.